The van der Waals surface area contributed by atoms with Crippen LogP contribution >= 0.6 is 31.9 Å². The molecule has 0 bridgehead atoms. The summed E-state index contributed by atoms with van der Waals surface area (Å²) in [7, 11) is 0. The molecule has 0 aliphatic rings. The summed E-state index contributed by atoms with van der Waals surface area (Å²) >= 11 is 6.97. The molecule has 4 rings (SSSR count). The molecule has 0 amide bonds. The number of nitrogens with zero attached hydrogens (tertiary/aromatic N) is 1. The van der Waals surface area contributed by atoms with Crippen molar-refractivity contribution in [3.8, 4) is 11.1 Å². The van der Waals surface area contributed by atoms with Crippen molar-refractivity contribution in [2.75, 3.05) is 0 Å². The normalized spacial score (nSPS) is 11.5. The van der Waals surface area contributed by atoms with Gasteiger partial charge in [-0.2, -0.15) is 0 Å². The Hall–Kier alpha value is -2.44. The number of rotatable bonds is 4. The molecule has 6 heteroatoms. The van der Waals surface area contributed by atoms with Crippen LogP contribution in [0.2, 0.25) is 0 Å². The van der Waals surface area contributed by atoms with E-state index in [1.807, 2.05) is 18.2 Å². The van der Waals surface area contributed by atoms with Crippen molar-refractivity contribution in [2.24, 2.45) is 0 Å². The van der Waals surface area contributed by atoms with Crippen molar-refractivity contribution < 1.29 is 9.90 Å². The highest BCUT2D eigenvalue weighted by Gasteiger charge is 2.17. The van der Waals surface area contributed by atoms with Gasteiger partial charge in [0.05, 0.1) is 15.5 Å². The summed E-state index contributed by atoms with van der Waals surface area (Å²) in [5, 5.41) is 10.5. The molecule has 0 fully saturated rings. The Kier molecular flexibility index (Phi) is 5.55. The zero-order valence-electron chi connectivity index (χ0n) is 16.4. The van der Waals surface area contributed by atoms with Gasteiger partial charge >= 0.3 is 5.97 Å². The fourth-order valence-corrected chi connectivity index (χ4v) is 4.63. The van der Waals surface area contributed by atoms with Gasteiger partial charge in [0.1, 0.15) is 6.54 Å². The van der Waals surface area contributed by atoms with Gasteiger partial charge in [-0.15, -0.1) is 0 Å². The number of carboxylic acids is 1. The molecule has 0 radical (unpaired) electrons. The maximum Gasteiger partial charge on any atom is 0.323 e. The number of hydrogen-bond acceptors (Lipinski definition) is 2. The highest BCUT2D eigenvalue weighted by Crippen LogP contribution is 2.33. The molecule has 30 heavy (non-hydrogen) atoms. The number of hydrogen-bond donors (Lipinski definition) is 1. The third-order valence-electron chi connectivity index (χ3n) is 5.32. The van der Waals surface area contributed by atoms with E-state index in [0.717, 1.165) is 15.6 Å². The molecule has 0 atom stereocenters. The number of carbonyl (C=O) groups is 1. The van der Waals surface area contributed by atoms with Crippen LogP contribution in [0.25, 0.3) is 32.9 Å². The smallest absolute Gasteiger partial charge is 0.323 e. The summed E-state index contributed by atoms with van der Waals surface area (Å²) in [5.74, 6) is -0.524. The fourth-order valence-electron chi connectivity index (χ4n) is 3.75. The molecule has 0 unspecified atom stereocenters. The first-order valence-corrected chi connectivity index (χ1v) is 11.1. The van der Waals surface area contributed by atoms with Crippen LogP contribution in [0.3, 0.4) is 0 Å². The Morgan fingerprint density at radius 3 is 2.27 bits per heavy atom. The van der Waals surface area contributed by atoms with Crippen LogP contribution in [0.1, 0.15) is 25.3 Å². The lowest BCUT2D eigenvalue weighted by Crippen LogP contribution is -2.16. The summed E-state index contributed by atoms with van der Waals surface area (Å²) in [6.07, 6.45) is 0. The van der Waals surface area contributed by atoms with E-state index >= 15 is 0 Å². The minimum absolute atomic E-state index is 0.115. The van der Waals surface area contributed by atoms with E-state index in [0.29, 0.717) is 32.2 Å². The second-order valence-corrected chi connectivity index (χ2v) is 9.22. The van der Waals surface area contributed by atoms with E-state index in [9.17, 15) is 14.7 Å². The standard InChI is InChI=1S/C24H19Br2NO3/c1-13(2)14-3-5-15(6-4-14)16-7-10-20-18(11-16)24(30)17-8-9-19(25)22(26)23(17)27(20)12-21(28)29/h3-11,13H,12H2,1-2H3,(H,28,29). The van der Waals surface area contributed by atoms with Crippen molar-refractivity contribution in [1.82, 2.24) is 4.57 Å². The minimum atomic E-state index is -0.971. The molecule has 1 N–H and O–H groups in total. The van der Waals surface area contributed by atoms with Crippen molar-refractivity contribution in [3.63, 3.8) is 0 Å². The molecule has 1 heterocycles. The van der Waals surface area contributed by atoms with E-state index in [-0.39, 0.29) is 12.0 Å². The topological polar surface area (TPSA) is 59.3 Å². The Balaban J connectivity index is 2.02. The average molecular weight is 529 g/mol. The molecule has 152 valence electrons. The summed E-state index contributed by atoms with van der Waals surface area (Å²) in [6, 6.07) is 17.5. The number of pyridine rings is 1. The van der Waals surface area contributed by atoms with E-state index in [4.69, 9.17) is 0 Å². The third-order valence-corrected chi connectivity index (χ3v) is 7.32. The molecule has 3 aromatic carbocycles. The van der Waals surface area contributed by atoms with Crippen LogP contribution in [0.5, 0.6) is 0 Å². The van der Waals surface area contributed by atoms with Crippen molar-refractivity contribution in [3.05, 3.63) is 79.3 Å². The molecule has 4 aromatic rings. The third kappa shape index (κ3) is 3.59. The lowest BCUT2D eigenvalue weighted by Gasteiger charge is -2.16. The molecule has 0 saturated heterocycles. The van der Waals surface area contributed by atoms with Crippen LogP contribution in [0.15, 0.2) is 68.3 Å². The van der Waals surface area contributed by atoms with Gasteiger partial charge in [0, 0.05) is 15.2 Å². The predicted molar refractivity (Wildman–Crippen MR) is 128 cm³/mol. The first kappa shape index (κ1) is 20.8. The first-order valence-electron chi connectivity index (χ1n) is 9.54. The van der Waals surface area contributed by atoms with Crippen LogP contribution < -0.4 is 5.43 Å². The summed E-state index contributed by atoms with van der Waals surface area (Å²) in [4.78, 5) is 24.9. The molecule has 0 aliphatic heterocycles. The zero-order valence-corrected chi connectivity index (χ0v) is 19.6. The van der Waals surface area contributed by atoms with Crippen LogP contribution in [-0.2, 0) is 11.3 Å². The van der Waals surface area contributed by atoms with E-state index in [1.54, 1.807) is 16.7 Å². The number of aliphatic carboxylic acids is 1. The molecule has 4 nitrogen and oxygen atoms in total. The molecule has 0 aliphatic carbocycles. The Bertz CT molecular complexity index is 1360. The zero-order chi connectivity index (χ0) is 21.6. The second-order valence-electron chi connectivity index (χ2n) is 7.58. The van der Waals surface area contributed by atoms with Gasteiger partial charge < -0.3 is 9.67 Å². The van der Waals surface area contributed by atoms with Crippen LogP contribution in [0.4, 0.5) is 0 Å². The predicted octanol–water partition coefficient (Wildman–Crippen LogP) is 6.55. The first-order chi connectivity index (χ1) is 14.3. The van der Waals surface area contributed by atoms with Crippen molar-refractivity contribution in [1.29, 1.82) is 0 Å². The van der Waals surface area contributed by atoms with E-state index < -0.39 is 5.97 Å². The average Bonchev–Trinajstić information content (AvgIpc) is 2.72. The fraction of sp³-hybridized carbons (Fsp3) is 0.167. The summed E-state index contributed by atoms with van der Waals surface area (Å²) in [6.45, 7) is 4.06. The highest BCUT2D eigenvalue weighted by molar-refractivity contribution is 9.13. The maximum absolute atomic E-state index is 13.3. The Labute approximate surface area is 190 Å². The highest BCUT2D eigenvalue weighted by atomic mass is 79.9. The van der Waals surface area contributed by atoms with Crippen LogP contribution in [-0.4, -0.2) is 15.6 Å². The summed E-state index contributed by atoms with van der Waals surface area (Å²) < 4.78 is 3.10. The second kappa shape index (κ2) is 8.00. The van der Waals surface area contributed by atoms with Gasteiger partial charge in [0.15, 0.2) is 5.43 Å². The number of aromatic nitrogens is 1. The molecule has 1 aromatic heterocycles. The Morgan fingerprint density at radius 1 is 0.967 bits per heavy atom. The largest absolute Gasteiger partial charge is 0.480 e. The number of benzene rings is 3. The van der Waals surface area contributed by atoms with Gasteiger partial charge in [-0.1, -0.05) is 44.2 Å². The van der Waals surface area contributed by atoms with Crippen molar-refractivity contribution in [2.45, 2.75) is 26.3 Å². The van der Waals surface area contributed by atoms with Gasteiger partial charge in [0.2, 0.25) is 0 Å². The quantitative estimate of drug-likeness (QED) is 0.305. The Morgan fingerprint density at radius 2 is 1.63 bits per heavy atom. The number of fused-ring (bicyclic) bond motifs is 2. The molecule has 0 saturated carbocycles. The van der Waals surface area contributed by atoms with Gasteiger partial charge in [-0.25, -0.2) is 0 Å². The number of carboxylic acid groups (broad SMARTS) is 1. The van der Waals surface area contributed by atoms with Gasteiger partial charge in [0.25, 0.3) is 0 Å². The number of halogens is 2. The van der Waals surface area contributed by atoms with Crippen LogP contribution in [0, 0.1) is 0 Å². The lowest BCUT2D eigenvalue weighted by atomic mass is 9.97. The van der Waals surface area contributed by atoms with Gasteiger partial charge in [-0.3, -0.25) is 9.59 Å². The lowest BCUT2D eigenvalue weighted by molar-refractivity contribution is -0.137. The van der Waals surface area contributed by atoms with E-state index in [2.05, 4.69) is 70.0 Å². The monoisotopic (exact) mass is 527 g/mol. The SMILES string of the molecule is CC(C)c1ccc(-c2ccc3c(c2)c(=O)c2ccc(Br)c(Br)c2n3CC(=O)O)cc1. The van der Waals surface area contributed by atoms with E-state index in [1.165, 1.54) is 5.56 Å². The summed E-state index contributed by atoms with van der Waals surface area (Å²) in [5.41, 5.74) is 4.24. The molecule has 0 spiro atoms. The maximum atomic E-state index is 13.3. The van der Waals surface area contributed by atoms with Crippen molar-refractivity contribution >= 4 is 59.6 Å². The molecular weight excluding hydrogens is 510 g/mol. The molecular formula is C24H19Br2NO3. The minimum Gasteiger partial charge on any atom is -0.480 e. The van der Waals surface area contributed by atoms with Gasteiger partial charge in [-0.05, 0) is 78.7 Å².